The van der Waals surface area contributed by atoms with Crippen LogP contribution in [0.4, 0.5) is 0 Å². The van der Waals surface area contributed by atoms with Crippen LogP contribution in [-0.2, 0) is 22.6 Å². The number of nitrogens with one attached hydrogen (secondary N) is 1. The molecule has 4 rings (SSSR count). The molecule has 5 nitrogen and oxygen atoms in total. The van der Waals surface area contributed by atoms with Gasteiger partial charge in [0.05, 0.1) is 12.5 Å². The lowest BCUT2D eigenvalue weighted by Gasteiger charge is -2.14. The summed E-state index contributed by atoms with van der Waals surface area (Å²) in [6, 6.07) is 14.5. The second-order valence-corrected chi connectivity index (χ2v) is 8.60. The fourth-order valence-electron chi connectivity index (χ4n) is 4.20. The van der Waals surface area contributed by atoms with Gasteiger partial charge in [0.1, 0.15) is 12.4 Å². The summed E-state index contributed by atoms with van der Waals surface area (Å²) in [7, 11) is 4.17. The minimum atomic E-state index is 0.0310. The minimum absolute atomic E-state index is 0.0310. The van der Waals surface area contributed by atoms with Gasteiger partial charge in [0.2, 0.25) is 5.91 Å². The maximum atomic E-state index is 12.5. The normalized spacial score (nSPS) is 18.9. The van der Waals surface area contributed by atoms with Crippen molar-refractivity contribution in [3.8, 4) is 5.75 Å². The molecule has 0 saturated carbocycles. The first kappa shape index (κ1) is 21.6. The van der Waals surface area contributed by atoms with Crippen LogP contribution in [0.2, 0.25) is 0 Å². The van der Waals surface area contributed by atoms with E-state index in [2.05, 4.69) is 60.7 Å². The van der Waals surface area contributed by atoms with Gasteiger partial charge >= 0.3 is 0 Å². The van der Waals surface area contributed by atoms with Gasteiger partial charge in [-0.2, -0.15) is 0 Å². The Morgan fingerprint density at radius 1 is 1.19 bits per heavy atom. The lowest BCUT2D eigenvalue weighted by Crippen LogP contribution is -2.32. The molecule has 5 heteroatoms. The summed E-state index contributed by atoms with van der Waals surface area (Å²) in [5.41, 5.74) is 5.63. The number of hydrogen-bond acceptors (Lipinski definition) is 4. The number of carbonyl (C=O) groups is 1. The highest BCUT2D eigenvalue weighted by Gasteiger charge is 2.20. The van der Waals surface area contributed by atoms with Crippen molar-refractivity contribution in [2.75, 3.05) is 33.8 Å². The van der Waals surface area contributed by atoms with E-state index in [0.717, 1.165) is 49.3 Å². The Hall–Kier alpha value is -2.63. The molecule has 2 aliphatic rings. The number of rotatable bonds is 7. The molecule has 1 fully saturated rings. The van der Waals surface area contributed by atoms with E-state index in [-0.39, 0.29) is 12.0 Å². The highest BCUT2D eigenvalue weighted by Crippen LogP contribution is 2.37. The van der Waals surface area contributed by atoms with E-state index in [1.165, 1.54) is 16.7 Å². The first-order chi connectivity index (χ1) is 15.1. The van der Waals surface area contributed by atoms with Crippen LogP contribution < -0.4 is 10.1 Å². The number of benzene rings is 2. The molecule has 0 bridgehead atoms. The maximum Gasteiger partial charge on any atom is 0.224 e. The van der Waals surface area contributed by atoms with Gasteiger partial charge in [-0.1, -0.05) is 36.4 Å². The van der Waals surface area contributed by atoms with Gasteiger partial charge < -0.3 is 19.7 Å². The van der Waals surface area contributed by atoms with Crippen LogP contribution in [0.1, 0.15) is 41.5 Å². The quantitative estimate of drug-likeness (QED) is 0.740. The molecule has 0 unspecified atom stereocenters. The van der Waals surface area contributed by atoms with E-state index in [1.807, 2.05) is 12.1 Å². The third kappa shape index (κ3) is 5.54. The summed E-state index contributed by atoms with van der Waals surface area (Å²) in [4.78, 5) is 14.7. The van der Waals surface area contributed by atoms with E-state index in [1.54, 1.807) is 0 Å². The molecule has 0 aliphatic carbocycles. The van der Waals surface area contributed by atoms with Crippen LogP contribution in [0.25, 0.3) is 5.57 Å². The molecule has 1 atom stereocenters. The van der Waals surface area contributed by atoms with Gasteiger partial charge in [0.25, 0.3) is 0 Å². The van der Waals surface area contributed by atoms with Crippen molar-refractivity contribution in [1.82, 2.24) is 10.2 Å². The molecule has 1 N–H and O–H groups in total. The van der Waals surface area contributed by atoms with Gasteiger partial charge in [-0.3, -0.25) is 4.79 Å². The fraction of sp³-hybridized carbons (Fsp3) is 0.423. The molecule has 1 saturated heterocycles. The van der Waals surface area contributed by atoms with Crippen molar-refractivity contribution in [2.45, 2.75) is 38.4 Å². The summed E-state index contributed by atoms with van der Waals surface area (Å²) < 4.78 is 11.7. The summed E-state index contributed by atoms with van der Waals surface area (Å²) in [6.07, 6.45) is 5.86. The van der Waals surface area contributed by atoms with E-state index < -0.39 is 0 Å². The first-order valence-corrected chi connectivity index (χ1v) is 11.2. The van der Waals surface area contributed by atoms with E-state index in [4.69, 9.17) is 9.47 Å². The highest BCUT2D eigenvalue weighted by atomic mass is 16.5. The van der Waals surface area contributed by atoms with Gasteiger partial charge in [0.15, 0.2) is 0 Å². The summed E-state index contributed by atoms with van der Waals surface area (Å²) >= 11 is 0. The molecular formula is C26H32N2O3. The third-order valence-corrected chi connectivity index (χ3v) is 5.87. The first-order valence-electron chi connectivity index (χ1n) is 11.2. The average molecular weight is 421 g/mol. The SMILES string of the molecule is CN(C)CCC=C1c2ccccc2COc2ccc(CC(=O)NC[C@@H]3CCCO3)cc21. The van der Waals surface area contributed by atoms with Crippen LogP contribution >= 0.6 is 0 Å². The molecule has 2 aromatic rings. The zero-order chi connectivity index (χ0) is 21.6. The fourth-order valence-corrected chi connectivity index (χ4v) is 4.20. The predicted molar refractivity (Wildman–Crippen MR) is 123 cm³/mol. The smallest absolute Gasteiger partial charge is 0.224 e. The van der Waals surface area contributed by atoms with Crippen LogP contribution in [0.15, 0.2) is 48.5 Å². The highest BCUT2D eigenvalue weighted by molar-refractivity contribution is 5.86. The lowest BCUT2D eigenvalue weighted by molar-refractivity contribution is -0.120. The van der Waals surface area contributed by atoms with Crippen LogP contribution in [0.3, 0.4) is 0 Å². The predicted octanol–water partition coefficient (Wildman–Crippen LogP) is 3.80. The zero-order valence-corrected chi connectivity index (χ0v) is 18.5. The van der Waals surface area contributed by atoms with Crippen LogP contribution in [-0.4, -0.2) is 50.7 Å². The minimum Gasteiger partial charge on any atom is -0.488 e. The molecule has 2 aliphatic heterocycles. The van der Waals surface area contributed by atoms with E-state index in [9.17, 15) is 4.79 Å². The van der Waals surface area contributed by atoms with E-state index >= 15 is 0 Å². The van der Waals surface area contributed by atoms with Crippen molar-refractivity contribution in [1.29, 1.82) is 0 Å². The monoisotopic (exact) mass is 420 g/mol. The zero-order valence-electron chi connectivity index (χ0n) is 18.5. The van der Waals surface area contributed by atoms with Crippen molar-refractivity contribution >= 4 is 11.5 Å². The number of hydrogen-bond donors (Lipinski definition) is 1. The number of nitrogens with zero attached hydrogens (tertiary/aromatic N) is 1. The molecule has 2 aromatic carbocycles. The summed E-state index contributed by atoms with van der Waals surface area (Å²) in [5.74, 6) is 0.902. The molecule has 0 spiro atoms. The topological polar surface area (TPSA) is 50.8 Å². The van der Waals surface area contributed by atoms with Crippen molar-refractivity contribution in [3.63, 3.8) is 0 Å². The van der Waals surface area contributed by atoms with Crippen LogP contribution in [0.5, 0.6) is 5.75 Å². The Morgan fingerprint density at radius 3 is 2.87 bits per heavy atom. The summed E-state index contributed by atoms with van der Waals surface area (Å²) in [6.45, 7) is 2.92. The Morgan fingerprint density at radius 2 is 2.06 bits per heavy atom. The number of carbonyl (C=O) groups excluding carboxylic acids is 1. The molecule has 0 radical (unpaired) electrons. The van der Waals surface area contributed by atoms with Crippen molar-refractivity contribution in [2.24, 2.45) is 0 Å². The Balaban J connectivity index is 1.56. The standard InChI is InChI=1S/C26H32N2O3/c1-28(2)13-5-10-23-22-9-4-3-7-20(22)18-31-25-12-11-19(15-24(23)25)16-26(29)27-17-21-8-6-14-30-21/h3-4,7,9-12,15,21H,5-6,8,13-14,16-18H2,1-2H3,(H,27,29)/t21-/m0/s1. The van der Waals surface area contributed by atoms with Crippen molar-refractivity contribution < 1.29 is 14.3 Å². The van der Waals surface area contributed by atoms with E-state index in [0.29, 0.717) is 19.6 Å². The summed E-state index contributed by atoms with van der Waals surface area (Å²) in [5, 5.41) is 3.02. The molecule has 0 aromatic heterocycles. The van der Waals surface area contributed by atoms with Crippen LogP contribution in [0, 0.1) is 0 Å². The average Bonchev–Trinajstić information content (AvgIpc) is 3.23. The Kier molecular flexibility index (Phi) is 7.05. The number of fused-ring (bicyclic) bond motifs is 2. The Labute approximate surface area is 185 Å². The Bertz CT molecular complexity index is 945. The maximum absolute atomic E-state index is 12.5. The van der Waals surface area contributed by atoms with Crippen molar-refractivity contribution in [3.05, 3.63) is 70.8 Å². The molecule has 2 heterocycles. The third-order valence-electron chi connectivity index (χ3n) is 5.87. The molecular weight excluding hydrogens is 388 g/mol. The second-order valence-electron chi connectivity index (χ2n) is 8.60. The number of ether oxygens (including phenoxy) is 2. The molecule has 1 amide bonds. The van der Waals surface area contributed by atoms with Gasteiger partial charge in [-0.05, 0) is 67.8 Å². The van der Waals surface area contributed by atoms with Gasteiger partial charge in [-0.25, -0.2) is 0 Å². The largest absolute Gasteiger partial charge is 0.488 e. The van der Waals surface area contributed by atoms with Gasteiger partial charge in [0, 0.05) is 25.3 Å². The molecule has 164 valence electrons. The molecule has 31 heavy (non-hydrogen) atoms. The second kappa shape index (κ2) is 10.1. The lowest BCUT2D eigenvalue weighted by atomic mass is 9.92. The van der Waals surface area contributed by atoms with Gasteiger partial charge in [-0.15, -0.1) is 0 Å². The number of amides is 1.